The van der Waals surface area contributed by atoms with Gasteiger partial charge in [0.05, 0.1) is 18.3 Å². The molecule has 2 aliphatic rings. The van der Waals surface area contributed by atoms with E-state index < -0.39 is 0 Å². The lowest BCUT2D eigenvalue weighted by Gasteiger charge is -2.33. The maximum absolute atomic E-state index is 13.2. The first kappa shape index (κ1) is 14.7. The third-order valence-electron chi connectivity index (χ3n) is 4.29. The average molecular weight is 308 g/mol. The van der Waals surface area contributed by atoms with Gasteiger partial charge in [0, 0.05) is 11.8 Å². The van der Waals surface area contributed by atoms with Crippen molar-refractivity contribution in [2.45, 2.75) is 38.1 Å². The second-order valence-corrected chi connectivity index (χ2v) is 7.07. The molecule has 1 N–H and O–H groups in total. The molecule has 1 aromatic carbocycles. The van der Waals surface area contributed by atoms with Gasteiger partial charge in [0.1, 0.15) is 11.6 Å². The van der Waals surface area contributed by atoms with E-state index in [2.05, 4.69) is 12.2 Å². The number of aliphatic imine (C=N–C) groups is 1. The van der Waals surface area contributed by atoms with E-state index in [4.69, 9.17) is 9.73 Å². The smallest absolute Gasteiger partial charge is 0.161 e. The lowest BCUT2D eigenvalue weighted by molar-refractivity contribution is 0.266. The monoisotopic (exact) mass is 308 g/mol. The van der Waals surface area contributed by atoms with Crippen LogP contribution in [0.2, 0.25) is 0 Å². The highest BCUT2D eigenvalue weighted by Gasteiger charge is 2.39. The van der Waals surface area contributed by atoms with Crippen molar-refractivity contribution >= 4 is 22.6 Å². The summed E-state index contributed by atoms with van der Waals surface area (Å²) in [6.45, 7) is 2.31. The number of benzene rings is 1. The van der Waals surface area contributed by atoms with Gasteiger partial charge >= 0.3 is 0 Å². The molecule has 0 radical (unpaired) electrons. The van der Waals surface area contributed by atoms with E-state index in [1.807, 2.05) is 0 Å². The molecule has 1 heterocycles. The normalized spacial score (nSPS) is 28.5. The van der Waals surface area contributed by atoms with E-state index in [-0.39, 0.29) is 11.4 Å². The minimum absolute atomic E-state index is 0.109. The topological polar surface area (TPSA) is 33.6 Å². The Hall–Kier alpha value is -1.23. The zero-order valence-corrected chi connectivity index (χ0v) is 13.3. The second-order valence-electron chi connectivity index (χ2n) is 6.10. The number of methoxy groups -OCH3 is 1. The first-order valence-corrected chi connectivity index (χ1v) is 8.42. The predicted molar refractivity (Wildman–Crippen MR) is 86.8 cm³/mol. The molecule has 3 nitrogen and oxygen atoms in total. The number of nitrogens with one attached hydrogen (secondary N) is 1. The highest BCUT2D eigenvalue weighted by molar-refractivity contribution is 8.14. The molecule has 1 spiro atoms. The van der Waals surface area contributed by atoms with Crippen molar-refractivity contribution in [1.29, 1.82) is 0 Å². The number of halogens is 1. The number of rotatable bonds is 2. The summed E-state index contributed by atoms with van der Waals surface area (Å²) in [5.74, 6) is 2.01. The predicted octanol–water partition coefficient (Wildman–Crippen LogP) is 4.30. The number of thioether (sulfide) groups is 1. The molecule has 1 fully saturated rings. The van der Waals surface area contributed by atoms with Gasteiger partial charge in [0.2, 0.25) is 0 Å². The van der Waals surface area contributed by atoms with Crippen LogP contribution in [0.25, 0.3) is 0 Å². The number of nitrogens with zero attached hydrogens (tertiary/aromatic N) is 1. The van der Waals surface area contributed by atoms with Gasteiger partial charge in [0.15, 0.2) is 5.17 Å². The fourth-order valence-corrected chi connectivity index (χ4v) is 4.47. The summed E-state index contributed by atoms with van der Waals surface area (Å²) in [5.41, 5.74) is 0.879. The molecule has 0 aromatic heterocycles. The van der Waals surface area contributed by atoms with Crippen molar-refractivity contribution in [2.24, 2.45) is 10.9 Å². The Kier molecular flexibility index (Phi) is 4.11. The number of ether oxygens (including phenoxy) is 1. The van der Waals surface area contributed by atoms with Crippen LogP contribution in [0.5, 0.6) is 5.75 Å². The van der Waals surface area contributed by atoms with Crippen LogP contribution in [-0.2, 0) is 0 Å². The number of hydrogen-bond acceptors (Lipinski definition) is 4. The Bertz CT molecular complexity index is 563. The van der Waals surface area contributed by atoms with Gasteiger partial charge in [0.25, 0.3) is 0 Å². The molecule has 5 heteroatoms. The van der Waals surface area contributed by atoms with Gasteiger partial charge in [-0.3, -0.25) is 4.99 Å². The van der Waals surface area contributed by atoms with Crippen molar-refractivity contribution in [2.75, 3.05) is 18.2 Å². The summed E-state index contributed by atoms with van der Waals surface area (Å²) in [6, 6.07) is 4.52. The number of amidine groups is 1. The molecule has 1 aliphatic carbocycles. The van der Waals surface area contributed by atoms with Gasteiger partial charge in [-0.2, -0.15) is 0 Å². The fourth-order valence-electron chi connectivity index (χ4n) is 3.30. The highest BCUT2D eigenvalue weighted by atomic mass is 32.2. The lowest BCUT2D eigenvalue weighted by atomic mass is 9.78. The van der Waals surface area contributed by atoms with E-state index in [1.54, 1.807) is 24.9 Å². The number of anilines is 1. The Morgan fingerprint density at radius 2 is 2.33 bits per heavy atom. The first-order chi connectivity index (χ1) is 10.1. The number of hydrogen-bond donors (Lipinski definition) is 1. The summed E-state index contributed by atoms with van der Waals surface area (Å²) in [6.07, 6.45) is 4.93. The third kappa shape index (κ3) is 3.18. The van der Waals surface area contributed by atoms with Gasteiger partial charge in [-0.15, -0.1) is 0 Å². The molecule has 2 unspecified atom stereocenters. The molecular weight excluding hydrogens is 287 g/mol. The maximum Gasteiger partial charge on any atom is 0.161 e. The molecule has 1 aromatic rings. The lowest BCUT2D eigenvalue weighted by Crippen LogP contribution is -2.33. The van der Waals surface area contributed by atoms with Gasteiger partial charge in [-0.25, -0.2) is 4.39 Å². The Morgan fingerprint density at radius 1 is 1.48 bits per heavy atom. The average Bonchev–Trinajstić information content (AvgIpc) is 2.83. The van der Waals surface area contributed by atoms with E-state index in [1.165, 1.54) is 37.8 Å². The largest absolute Gasteiger partial charge is 0.494 e. The molecule has 0 saturated heterocycles. The van der Waals surface area contributed by atoms with Gasteiger partial charge in [-0.1, -0.05) is 31.5 Å². The van der Waals surface area contributed by atoms with Crippen molar-refractivity contribution in [3.8, 4) is 5.75 Å². The van der Waals surface area contributed by atoms with Crippen LogP contribution in [-0.4, -0.2) is 23.6 Å². The molecule has 3 rings (SSSR count). The standard InChI is InChI=1S/C16H21FN2OS/c1-11-4-3-7-16(9-11)10-21-15(19-16)18-13-6-5-12(17)8-14(13)20-2/h5-6,8,11H,3-4,7,9-10H2,1-2H3,(H,18,19). The zero-order valence-electron chi connectivity index (χ0n) is 12.5. The zero-order chi connectivity index (χ0) is 14.9. The van der Waals surface area contributed by atoms with E-state index in [0.29, 0.717) is 5.75 Å². The maximum atomic E-state index is 13.2. The Labute approximate surface area is 129 Å². The van der Waals surface area contributed by atoms with Crippen LogP contribution in [0, 0.1) is 11.7 Å². The molecule has 21 heavy (non-hydrogen) atoms. The van der Waals surface area contributed by atoms with Crippen molar-refractivity contribution in [1.82, 2.24) is 0 Å². The third-order valence-corrected chi connectivity index (χ3v) is 5.44. The SMILES string of the molecule is COc1cc(F)ccc1NC1=NC2(CCCC(C)C2)CS1. The molecule has 0 amide bonds. The molecule has 1 aliphatic heterocycles. The van der Waals surface area contributed by atoms with Crippen molar-refractivity contribution in [3.63, 3.8) is 0 Å². The van der Waals surface area contributed by atoms with Crippen LogP contribution in [0.1, 0.15) is 32.6 Å². The van der Waals surface area contributed by atoms with Crippen molar-refractivity contribution < 1.29 is 9.13 Å². The summed E-state index contributed by atoms with van der Waals surface area (Å²) in [5, 5.41) is 4.22. The van der Waals surface area contributed by atoms with Crippen molar-refractivity contribution in [3.05, 3.63) is 24.0 Å². The van der Waals surface area contributed by atoms with Crippen LogP contribution in [0.3, 0.4) is 0 Å². The van der Waals surface area contributed by atoms with Crippen LogP contribution in [0.15, 0.2) is 23.2 Å². The van der Waals surface area contributed by atoms with Gasteiger partial charge in [-0.05, 0) is 30.9 Å². The Balaban J connectivity index is 1.77. The minimum Gasteiger partial charge on any atom is -0.494 e. The fraction of sp³-hybridized carbons (Fsp3) is 0.562. The second kappa shape index (κ2) is 5.87. The van der Waals surface area contributed by atoms with E-state index in [9.17, 15) is 4.39 Å². The van der Waals surface area contributed by atoms with Crippen LogP contribution >= 0.6 is 11.8 Å². The van der Waals surface area contributed by atoms with Crippen LogP contribution < -0.4 is 10.1 Å². The van der Waals surface area contributed by atoms with E-state index in [0.717, 1.165) is 22.5 Å². The summed E-state index contributed by atoms with van der Waals surface area (Å²) < 4.78 is 18.5. The minimum atomic E-state index is -0.295. The summed E-state index contributed by atoms with van der Waals surface area (Å²) >= 11 is 1.76. The summed E-state index contributed by atoms with van der Waals surface area (Å²) in [7, 11) is 1.55. The summed E-state index contributed by atoms with van der Waals surface area (Å²) in [4.78, 5) is 4.94. The Morgan fingerprint density at radius 3 is 3.10 bits per heavy atom. The highest BCUT2D eigenvalue weighted by Crippen LogP contribution is 2.42. The molecule has 114 valence electrons. The van der Waals surface area contributed by atoms with Gasteiger partial charge < -0.3 is 10.1 Å². The molecule has 1 saturated carbocycles. The molecule has 0 bridgehead atoms. The molecular formula is C16H21FN2OS. The molecule has 2 atom stereocenters. The van der Waals surface area contributed by atoms with E-state index >= 15 is 0 Å². The first-order valence-electron chi connectivity index (χ1n) is 7.43. The quantitative estimate of drug-likeness (QED) is 0.884. The van der Waals surface area contributed by atoms with Crippen LogP contribution in [0.4, 0.5) is 10.1 Å².